The molecule has 0 aliphatic carbocycles. The van der Waals surface area contributed by atoms with Gasteiger partial charge in [0.2, 0.25) is 5.91 Å². The van der Waals surface area contributed by atoms with Gasteiger partial charge in [0.1, 0.15) is 6.04 Å². The van der Waals surface area contributed by atoms with Crippen molar-refractivity contribution in [2.75, 3.05) is 10.2 Å². The second kappa shape index (κ2) is 5.92. The molecule has 0 saturated carbocycles. The van der Waals surface area contributed by atoms with Gasteiger partial charge in [0.15, 0.2) is 0 Å². The molecular formula is C19H18N2O3. The molecule has 24 heavy (non-hydrogen) atoms. The molecule has 0 spiro atoms. The number of nitrogens with zero attached hydrogens (tertiary/aromatic N) is 1. The fourth-order valence-corrected chi connectivity index (χ4v) is 2.84. The van der Waals surface area contributed by atoms with Crippen molar-refractivity contribution in [2.45, 2.75) is 26.8 Å². The predicted molar refractivity (Wildman–Crippen MR) is 92.3 cm³/mol. The average molecular weight is 322 g/mol. The van der Waals surface area contributed by atoms with Gasteiger partial charge in [-0.1, -0.05) is 24.3 Å². The molecule has 1 N–H and O–H groups in total. The maximum Gasteiger partial charge on any atom is 0.300 e. The first-order chi connectivity index (χ1) is 11.4. The smallest absolute Gasteiger partial charge is 0.300 e. The van der Waals surface area contributed by atoms with Gasteiger partial charge < -0.3 is 5.32 Å². The standard InChI is InChI=1S/C19H18N2O3/c1-11-7-6-9-15(12(11)2)20-18(23)13(3)21-16-10-5-4-8-14(16)17(22)19(21)24/h4-10,13H,1-3H3,(H,20,23)/t13-/m0/s1. The van der Waals surface area contributed by atoms with E-state index >= 15 is 0 Å². The van der Waals surface area contributed by atoms with Gasteiger partial charge in [-0.15, -0.1) is 0 Å². The van der Waals surface area contributed by atoms with Crippen molar-refractivity contribution >= 4 is 29.0 Å². The summed E-state index contributed by atoms with van der Waals surface area (Å²) in [5.74, 6) is -1.57. The first-order valence-electron chi connectivity index (χ1n) is 7.76. The molecule has 1 atom stereocenters. The van der Waals surface area contributed by atoms with E-state index in [1.807, 2.05) is 32.0 Å². The van der Waals surface area contributed by atoms with Crippen LogP contribution in [0.1, 0.15) is 28.4 Å². The Kier molecular flexibility index (Phi) is 3.93. The number of rotatable bonds is 3. The summed E-state index contributed by atoms with van der Waals surface area (Å²) in [6, 6.07) is 11.6. The summed E-state index contributed by atoms with van der Waals surface area (Å²) in [6.07, 6.45) is 0. The number of benzene rings is 2. The largest absolute Gasteiger partial charge is 0.324 e. The molecule has 5 nitrogen and oxygen atoms in total. The molecule has 0 radical (unpaired) electrons. The molecule has 3 rings (SSSR count). The Morgan fingerprint density at radius 2 is 1.75 bits per heavy atom. The molecule has 0 unspecified atom stereocenters. The fraction of sp³-hybridized carbons (Fsp3) is 0.211. The summed E-state index contributed by atoms with van der Waals surface area (Å²) >= 11 is 0. The normalized spacial score (nSPS) is 14.5. The number of carbonyl (C=O) groups excluding carboxylic acids is 3. The van der Waals surface area contributed by atoms with E-state index in [2.05, 4.69) is 5.32 Å². The Bertz CT molecular complexity index is 857. The number of amides is 2. The number of hydrogen-bond acceptors (Lipinski definition) is 3. The number of para-hydroxylation sites is 1. The third kappa shape index (κ3) is 2.48. The van der Waals surface area contributed by atoms with Crippen molar-refractivity contribution in [3.8, 4) is 0 Å². The molecule has 0 saturated heterocycles. The van der Waals surface area contributed by atoms with Crippen LogP contribution in [0, 0.1) is 13.8 Å². The highest BCUT2D eigenvalue weighted by Crippen LogP contribution is 2.30. The summed E-state index contributed by atoms with van der Waals surface area (Å²) in [4.78, 5) is 38.2. The molecule has 2 amide bonds. The van der Waals surface area contributed by atoms with Crippen LogP contribution in [0.2, 0.25) is 0 Å². The molecular weight excluding hydrogens is 304 g/mol. The van der Waals surface area contributed by atoms with Gasteiger partial charge in [0, 0.05) is 5.69 Å². The Labute approximate surface area is 140 Å². The SMILES string of the molecule is Cc1cccc(NC(=O)[C@H](C)N2C(=O)C(=O)c3ccccc32)c1C. The van der Waals surface area contributed by atoms with E-state index in [9.17, 15) is 14.4 Å². The predicted octanol–water partition coefficient (Wildman–Crippen LogP) is 2.86. The van der Waals surface area contributed by atoms with Gasteiger partial charge >= 0.3 is 0 Å². The number of carbonyl (C=O) groups is 3. The second-order valence-electron chi connectivity index (χ2n) is 5.93. The van der Waals surface area contributed by atoms with Crippen molar-refractivity contribution < 1.29 is 14.4 Å². The molecule has 0 bridgehead atoms. The highest BCUT2D eigenvalue weighted by molar-refractivity contribution is 6.52. The minimum Gasteiger partial charge on any atom is -0.324 e. The van der Waals surface area contributed by atoms with Crippen LogP contribution in [-0.4, -0.2) is 23.6 Å². The highest BCUT2D eigenvalue weighted by Gasteiger charge is 2.40. The van der Waals surface area contributed by atoms with Crippen molar-refractivity contribution in [1.82, 2.24) is 0 Å². The Balaban J connectivity index is 1.88. The number of anilines is 2. The van der Waals surface area contributed by atoms with Crippen LogP contribution >= 0.6 is 0 Å². The van der Waals surface area contributed by atoms with Crippen LogP contribution in [0.15, 0.2) is 42.5 Å². The van der Waals surface area contributed by atoms with E-state index in [4.69, 9.17) is 0 Å². The molecule has 122 valence electrons. The summed E-state index contributed by atoms with van der Waals surface area (Å²) in [7, 11) is 0. The number of nitrogens with one attached hydrogen (secondary N) is 1. The molecule has 1 aliphatic rings. The molecule has 2 aromatic carbocycles. The van der Waals surface area contributed by atoms with Gasteiger partial charge in [0.05, 0.1) is 11.3 Å². The second-order valence-corrected chi connectivity index (χ2v) is 5.93. The first kappa shape index (κ1) is 15.9. The Morgan fingerprint density at radius 3 is 2.50 bits per heavy atom. The van der Waals surface area contributed by atoms with Gasteiger partial charge in [-0.3, -0.25) is 19.3 Å². The number of fused-ring (bicyclic) bond motifs is 1. The average Bonchev–Trinajstić information content (AvgIpc) is 2.83. The summed E-state index contributed by atoms with van der Waals surface area (Å²) in [5.41, 5.74) is 3.57. The van der Waals surface area contributed by atoms with E-state index in [1.165, 1.54) is 4.90 Å². The maximum absolute atomic E-state index is 12.6. The molecule has 1 heterocycles. The van der Waals surface area contributed by atoms with Gasteiger partial charge in [-0.25, -0.2) is 0 Å². The van der Waals surface area contributed by atoms with Crippen molar-refractivity contribution in [3.05, 3.63) is 59.2 Å². The Hall–Kier alpha value is -2.95. The lowest BCUT2D eigenvalue weighted by molar-refractivity contribution is -0.120. The minimum atomic E-state index is -0.787. The first-order valence-corrected chi connectivity index (χ1v) is 7.76. The minimum absolute atomic E-state index is 0.332. The third-order valence-corrected chi connectivity index (χ3v) is 4.45. The molecule has 0 fully saturated rings. The maximum atomic E-state index is 12.6. The van der Waals surface area contributed by atoms with Crippen LogP contribution in [0.25, 0.3) is 0 Å². The lowest BCUT2D eigenvalue weighted by atomic mass is 10.1. The van der Waals surface area contributed by atoms with Gasteiger partial charge in [0.25, 0.3) is 11.7 Å². The van der Waals surface area contributed by atoms with Gasteiger partial charge in [-0.05, 0) is 50.1 Å². The van der Waals surface area contributed by atoms with E-state index in [0.717, 1.165) is 11.1 Å². The van der Waals surface area contributed by atoms with Crippen molar-refractivity contribution in [2.24, 2.45) is 0 Å². The quantitative estimate of drug-likeness (QED) is 0.884. The summed E-state index contributed by atoms with van der Waals surface area (Å²) in [6.45, 7) is 5.51. The zero-order valence-electron chi connectivity index (χ0n) is 13.8. The van der Waals surface area contributed by atoms with E-state index in [-0.39, 0.29) is 5.91 Å². The molecule has 5 heteroatoms. The van der Waals surface area contributed by atoms with Crippen LogP contribution in [-0.2, 0) is 9.59 Å². The summed E-state index contributed by atoms with van der Waals surface area (Å²) in [5, 5.41) is 2.85. The monoisotopic (exact) mass is 322 g/mol. The van der Waals surface area contributed by atoms with Crippen LogP contribution in [0.3, 0.4) is 0 Å². The van der Waals surface area contributed by atoms with E-state index in [0.29, 0.717) is 16.9 Å². The zero-order chi connectivity index (χ0) is 17.4. The van der Waals surface area contributed by atoms with Crippen LogP contribution in [0.5, 0.6) is 0 Å². The highest BCUT2D eigenvalue weighted by atomic mass is 16.2. The van der Waals surface area contributed by atoms with Gasteiger partial charge in [-0.2, -0.15) is 0 Å². The lowest BCUT2D eigenvalue weighted by Gasteiger charge is -2.24. The fourth-order valence-electron chi connectivity index (χ4n) is 2.84. The topological polar surface area (TPSA) is 66.5 Å². The summed E-state index contributed by atoms with van der Waals surface area (Å²) < 4.78 is 0. The van der Waals surface area contributed by atoms with Crippen molar-refractivity contribution in [1.29, 1.82) is 0 Å². The van der Waals surface area contributed by atoms with Crippen LogP contribution < -0.4 is 10.2 Å². The molecule has 0 aromatic heterocycles. The number of hydrogen-bond donors (Lipinski definition) is 1. The van der Waals surface area contributed by atoms with E-state index in [1.54, 1.807) is 31.2 Å². The number of Topliss-reactive ketones (excluding diaryl/α,β-unsaturated/α-hetero) is 1. The van der Waals surface area contributed by atoms with E-state index < -0.39 is 17.7 Å². The third-order valence-electron chi connectivity index (χ3n) is 4.45. The Morgan fingerprint density at radius 1 is 1.04 bits per heavy atom. The number of ketones is 1. The number of aryl methyl sites for hydroxylation is 1. The van der Waals surface area contributed by atoms with Crippen molar-refractivity contribution in [3.63, 3.8) is 0 Å². The molecule has 1 aliphatic heterocycles. The van der Waals surface area contributed by atoms with Crippen LogP contribution in [0.4, 0.5) is 11.4 Å². The lowest BCUT2D eigenvalue weighted by Crippen LogP contribution is -2.45. The molecule has 2 aromatic rings. The zero-order valence-corrected chi connectivity index (χ0v) is 13.8.